The van der Waals surface area contributed by atoms with Gasteiger partial charge >= 0.3 is 0 Å². The summed E-state index contributed by atoms with van der Waals surface area (Å²) in [6.07, 6.45) is 1.83. The molecule has 0 spiro atoms. The lowest BCUT2D eigenvalue weighted by atomic mass is 10.5. The minimum absolute atomic E-state index is 0.396. The molecule has 0 aliphatic rings. The van der Waals surface area contributed by atoms with E-state index in [0.29, 0.717) is 5.69 Å². The second-order valence-corrected chi connectivity index (χ2v) is 2.30. The van der Waals surface area contributed by atoms with Gasteiger partial charge in [-0.25, -0.2) is 0 Å². The van der Waals surface area contributed by atoms with Gasteiger partial charge in [-0.15, -0.1) is 0 Å². The molecule has 0 N–H and O–H groups in total. The summed E-state index contributed by atoms with van der Waals surface area (Å²) in [6, 6.07) is 3.51. The molecule has 0 saturated carbocycles. The van der Waals surface area contributed by atoms with Crippen molar-refractivity contribution >= 4 is 16.8 Å². The summed E-state index contributed by atoms with van der Waals surface area (Å²) in [5.74, 6) is 0. The number of hydrogen-bond donors (Lipinski definition) is 0. The first-order valence-corrected chi connectivity index (χ1v) is 3.48. The molecule has 1 heterocycles. The highest BCUT2D eigenvalue weighted by molar-refractivity contribution is 6.67. The maximum absolute atomic E-state index is 10.6. The van der Waals surface area contributed by atoms with Crippen molar-refractivity contribution in [1.29, 1.82) is 0 Å². The van der Waals surface area contributed by atoms with Crippen LogP contribution in [0.1, 0.15) is 17.4 Å². The molecule has 0 aliphatic carbocycles. The minimum Gasteiger partial charge on any atom is -0.344 e. The molecule has 1 aromatic rings. The van der Waals surface area contributed by atoms with Gasteiger partial charge in [-0.3, -0.25) is 4.79 Å². The van der Waals surface area contributed by atoms with Crippen molar-refractivity contribution in [3.8, 4) is 0 Å². The van der Waals surface area contributed by atoms with E-state index in [-0.39, 0.29) is 0 Å². The Bertz CT molecular complexity index is 242. The van der Waals surface area contributed by atoms with Crippen LogP contribution in [0.2, 0.25) is 0 Å². The molecule has 0 atom stereocenters. The average molecular weight is 158 g/mol. The molecule has 0 fully saturated rings. The molecular formula is C7H8ClNO. The Morgan fingerprint density at radius 2 is 2.50 bits per heavy atom. The summed E-state index contributed by atoms with van der Waals surface area (Å²) in [7, 11) is 0. The third-order valence-electron chi connectivity index (χ3n) is 1.37. The number of hydrogen-bond acceptors (Lipinski definition) is 1. The number of nitrogens with zero attached hydrogens (tertiary/aromatic N) is 1. The molecule has 0 amide bonds. The van der Waals surface area contributed by atoms with E-state index in [1.54, 1.807) is 16.7 Å². The highest BCUT2D eigenvalue weighted by Gasteiger charge is 2.04. The standard InChI is InChI=1S/C7H8ClNO/c1-2-9-5-3-4-6(9)7(8)10/h3-5H,2H2,1H3. The predicted octanol–water partition coefficient (Wildman–Crippen LogP) is 1.89. The van der Waals surface area contributed by atoms with E-state index in [9.17, 15) is 4.79 Å². The summed E-state index contributed by atoms with van der Waals surface area (Å²) in [5.41, 5.74) is 0.559. The Labute approximate surface area is 64.4 Å². The Morgan fingerprint density at radius 3 is 2.90 bits per heavy atom. The average Bonchev–Trinajstić information content (AvgIpc) is 2.33. The van der Waals surface area contributed by atoms with Crippen LogP contribution in [0.3, 0.4) is 0 Å². The summed E-state index contributed by atoms with van der Waals surface area (Å²) in [5, 5.41) is -0.396. The third kappa shape index (κ3) is 1.21. The van der Waals surface area contributed by atoms with Crippen LogP contribution in [0.15, 0.2) is 18.3 Å². The van der Waals surface area contributed by atoms with Gasteiger partial charge in [0.25, 0.3) is 5.24 Å². The van der Waals surface area contributed by atoms with Crippen LogP contribution in [0.25, 0.3) is 0 Å². The van der Waals surface area contributed by atoms with Crippen molar-refractivity contribution < 1.29 is 4.79 Å². The van der Waals surface area contributed by atoms with E-state index in [1.165, 1.54) is 0 Å². The first-order chi connectivity index (χ1) is 4.75. The van der Waals surface area contributed by atoms with E-state index in [2.05, 4.69) is 0 Å². The molecule has 3 heteroatoms. The van der Waals surface area contributed by atoms with E-state index in [4.69, 9.17) is 11.6 Å². The van der Waals surface area contributed by atoms with Gasteiger partial charge in [0, 0.05) is 12.7 Å². The van der Waals surface area contributed by atoms with Crippen LogP contribution in [-0.4, -0.2) is 9.81 Å². The maximum Gasteiger partial charge on any atom is 0.268 e. The molecule has 0 unspecified atom stereocenters. The molecule has 54 valence electrons. The maximum atomic E-state index is 10.6. The smallest absolute Gasteiger partial charge is 0.268 e. The summed E-state index contributed by atoms with van der Waals surface area (Å²) < 4.78 is 1.80. The number of aromatic nitrogens is 1. The Morgan fingerprint density at radius 1 is 1.80 bits per heavy atom. The Hall–Kier alpha value is -0.760. The Balaban J connectivity index is 3.01. The fraction of sp³-hybridized carbons (Fsp3) is 0.286. The van der Waals surface area contributed by atoms with Gasteiger partial charge in [-0.1, -0.05) is 0 Å². The van der Waals surface area contributed by atoms with Crippen molar-refractivity contribution in [2.45, 2.75) is 13.5 Å². The van der Waals surface area contributed by atoms with Crippen molar-refractivity contribution in [3.05, 3.63) is 24.0 Å². The molecule has 0 aliphatic heterocycles. The lowest BCUT2D eigenvalue weighted by Crippen LogP contribution is -2.01. The first kappa shape index (κ1) is 7.35. The molecule has 0 radical (unpaired) electrons. The highest BCUT2D eigenvalue weighted by Crippen LogP contribution is 2.04. The number of rotatable bonds is 2. The SMILES string of the molecule is CCn1cccc1C(=O)Cl. The predicted molar refractivity (Wildman–Crippen MR) is 40.3 cm³/mol. The van der Waals surface area contributed by atoms with Gasteiger partial charge in [-0.2, -0.15) is 0 Å². The zero-order valence-corrected chi connectivity index (χ0v) is 6.43. The van der Waals surface area contributed by atoms with Gasteiger partial charge in [0.15, 0.2) is 0 Å². The largest absolute Gasteiger partial charge is 0.344 e. The van der Waals surface area contributed by atoms with Gasteiger partial charge in [0.05, 0.1) is 0 Å². The van der Waals surface area contributed by atoms with Crippen LogP contribution in [0, 0.1) is 0 Å². The van der Waals surface area contributed by atoms with E-state index < -0.39 is 5.24 Å². The minimum atomic E-state index is -0.396. The molecular weight excluding hydrogens is 150 g/mol. The van der Waals surface area contributed by atoms with Gasteiger partial charge in [0.2, 0.25) is 0 Å². The molecule has 0 saturated heterocycles. The van der Waals surface area contributed by atoms with Crippen LogP contribution in [0.5, 0.6) is 0 Å². The van der Waals surface area contributed by atoms with E-state index in [1.807, 2.05) is 13.1 Å². The van der Waals surface area contributed by atoms with Crippen LogP contribution in [0.4, 0.5) is 0 Å². The van der Waals surface area contributed by atoms with Crippen molar-refractivity contribution in [2.24, 2.45) is 0 Å². The second-order valence-electron chi connectivity index (χ2n) is 1.95. The van der Waals surface area contributed by atoms with Crippen LogP contribution >= 0.6 is 11.6 Å². The lowest BCUT2D eigenvalue weighted by Gasteiger charge is -1.98. The van der Waals surface area contributed by atoms with Gasteiger partial charge in [-0.05, 0) is 30.7 Å². The second kappa shape index (κ2) is 2.88. The number of aryl methyl sites for hydroxylation is 1. The van der Waals surface area contributed by atoms with Crippen molar-refractivity contribution in [1.82, 2.24) is 4.57 Å². The molecule has 1 aromatic heterocycles. The van der Waals surface area contributed by atoms with E-state index in [0.717, 1.165) is 6.54 Å². The van der Waals surface area contributed by atoms with Crippen molar-refractivity contribution in [3.63, 3.8) is 0 Å². The lowest BCUT2D eigenvalue weighted by molar-refractivity contribution is 0.107. The van der Waals surface area contributed by atoms with Crippen LogP contribution < -0.4 is 0 Å². The number of carbonyl (C=O) groups is 1. The number of halogens is 1. The van der Waals surface area contributed by atoms with Gasteiger partial charge in [0.1, 0.15) is 5.69 Å². The molecule has 0 bridgehead atoms. The first-order valence-electron chi connectivity index (χ1n) is 3.10. The van der Waals surface area contributed by atoms with E-state index >= 15 is 0 Å². The zero-order valence-electron chi connectivity index (χ0n) is 5.67. The highest BCUT2D eigenvalue weighted by atomic mass is 35.5. The monoisotopic (exact) mass is 157 g/mol. The van der Waals surface area contributed by atoms with Crippen LogP contribution in [-0.2, 0) is 6.54 Å². The zero-order chi connectivity index (χ0) is 7.56. The fourth-order valence-electron chi connectivity index (χ4n) is 0.868. The third-order valence-corrected chi connectivity index (χ3v) is 1.57. The topological polar surface area (TPSA) is 22.0 Å². The Kier molecular flexibility index (Phi) is 2.12. The molecule has 1 rings (SSSR count). The fourth-order valence-corrected chi connectivity index (χ4v) is 1.04. The summed E-state index contributed by atoms with van der Waals surface area (Å²) >= 11 is 5.27. The van der Waals surface area contributed by atoms with Crippen molar-refractivity contribution in [2.75, 3.05) is 0 Å². The number of carbonyl (C=O) groups excluding carboxylic acids is 1. The van der Waals surface area contributed by atoms with Gasteiger partial charge < -0.3 is 4.57 Å². The summed E-state index contributed by atoms with van der Waals surface area (Å²) in [6.45, 7) is 2.74. The molecule has 2 nitrogen and oxygen atoms in total. The summed E-state index contributed by atoms with van der Waals surface area (Å²) in [4.78, 5) is 10.6. The molecule has 0 aromatic carbocycles. The quantitative estimate of drug-likeness (QED) is 0.601. The molecule has 10 heavy (non-hydrogen) atoms. The normalized spacial score (nSPS) is 9.80.